The maximum atomic E-state index is 12.9. The number of rotatable bonds is 4. The molecule has 1 N–H and O–H groups in total. The molecule has 142 valence electrons. The zero-order valence-electron chi connectivity index (χ0n) is 14.9. The molecule has 4 rings (SSSR count). The maximum absolute atomic E-state index is 12.9. The summed E-state index contributed by atoms with van der Waals surface area (Å²) in [4.78, 5) is 38.9. The second kappa shape index (κ2) is 7.05. The van der Waals surface area contributed by atoms with Crippen molar-refractivity contribution in [1.82, 2.24) is 5.01 Å². The number of halogens is 1. The molecule has 2 atom stereocenters. The van der Waals surface area contributed by atoms with Gasteiger partial charge in [0.25, 0.3) is 11.8 Å². The van der Waals surface area contributed by atoms with E-state index < -0.39 is 23.9 Å². The maximum Gasteiger partial charge on any atom is 0.263 e. The van der Waals surface area contributed by atoms with Crippen molar-refractivity contribution in [3.63, 3.8) is 0 Å². The number of anilines is 2. The smallest absolute Gasteiger partial charge is 0.263 e. The highest BCUT2D eigenvalue weighted by molar-refractivity contribution is 6.31. The summed E-state index contributed by atoms with van der Waals surface area (Å²) in [6, 6.07) is 11.9. The van der Waals surface area contributed by atoms with Crippen molar-refractivity contribution >= 4 is 40.7 Å². The van der Waals surface area contributed by atoms with Gasteiger partial charge < -0.3 is 5.32 Å². The van der Waals surface area contributed by atoms with Gasteiger partial charge in [-0.1, -0.05) is 35.0 Å². The highest BCUT2D eigenvalue weighted by Crippen LogP contribution is 2.32. The fourth-order valence-electron chi connectivity index (χ4n) is 3.29. The Morgan fingerprint density at radius 2 is 1.93 bits per heavy atom. The van der Waals surface area contributed by atoms with Crippen LogP contribution in [0.25, 0.3) is 0 Å². The monoisotopic (exact) mass is 397 g/mol. The van der Waals surface area contributed by atoms with E-state index >= 15 is 0 Å². The van der Waals surface area contributed by atoms with E-state index in [1.54, 1.807) is 24.3 Å². The van der Waals surface area contributed by atoms with Crippen LogP contribution in [-0.2, 0) is 14.4 Å². The van der Waals surface area contributed by atoms with Crippen LogP contribution in [0.2, 0.25) is 5.02 Å². The molecule has 2 aromatic rings. The van der Waals surface area contributed by atoms with Gasteiger partial charge in [0.15, 0.2) is 12.1 Å². The van der Waals surface area contributed by atoms with Crippen molar-refractivity contribution in [2.45, 2.75) is 19.0 Å². The largest absolute Gasteiger partial charge is 0.324 e. The van der Waals surface area contributed by atoms with Crippen LogP contribution in [0.3, 0.4) is 0 Å². The molecule has 2 aliphatic heterocycles. The molecule has 0 unspecified atom stereocenters. The van der Waals surface area contributed by atoms with Gasteiger partial charge in [0, 0.05) is 10.7 Å². The minimum Gasteiger partial charge on any atom is -0.324 e. The Kier molecular flexibility index (Phi) is 4.56. The highest BCUT2D eigenvalue weighted by Gasteiger charge is 2.55. The quantitative estimate of drug-likeness (QED) is 0.802. The van der Waals surface area contributed by atoms with Gasteiger partial charge in [-0.3, -0.25) is 19.4 Å². The second-order valence-corrected chi connectivity index (χ2v) is 7.04. The summed E-state index contributed by atoms with van der Waals surface area (Å²) in [6.45, 7) is 1.73. The molecule has 0 spiro atoms. The molecule has 3 amide bonds. The Morgan fingerprint density at radius 1 is 1.14 bits per heavy atom. The van der Waals surface area contributed by atoms with Crippen LogP contribution in [0, 0.1) is 6.92 Å². The first kappa shape index (κ1) is 18.1. The molecule has 9 heteroatoms. The van der Waals surface area contributed by atoms with Crippen LogP contribution < -0.4 is 10.2 Å². The van der Waals surface area contributed by atoms with Gasteiger partial charge in [-0.05, 0) is 42.8 Å². The molecule has 28 heavy (non-hydrogen) atoms. The molecule has 1 fully saturated rings. The summed E-state index contributed by atoms with van der Waals surface area (Å²) in [5.41, 5.74) is 2.02. The molecule has 0 bridgehead atoms. The lowest BCUT2D eigenvalue weighted by atomic mass is 10.1. The molecule has 0 aliphatic carbocycles. The van der Waals surface area contributed by atoms with Crippen LogP contribution >= 0.6 is 11.6 Å². The molecule has 2 aliphatic rings. The topological polar surface area (TPSA) is 94.4 Å². The van der Waals surface area contributed by atoms with Crippen LogP contribution in [-0.4, -0.2) is 41.4 Å². The standard InChI is InChI=1S/C19H16ClN5O3/c1-11-4-2-6-13(8-11)21-15(26)10-24-17-16(22-23-24)18(27)25(19(17)28)14-7-3-5-12(20)9-14/h2-9,16-17H,10H2,1H3,(H,21,26)/t16-,17-/m1/s1. The van der Waals surface area contributed by atoms with Gasteiger partial charge in [-0.25, -0.2) is 4.90 Å². The Bertz CT molecular complexity index is 1010. The lowest BCUT2D eigenvalue weighted by Gasteiger charge is -2.20. The summed E-state index contributed by atoms with van der Waals surface area (Å²) < 4.78 is 0. The molecule has 0 radical (unpaired) electrons. The van der Waals surface area contributed by atoms with E-state index in [0.717, 1.165) is 10.5 Å². The summed E-state index contributed by atoms with van der Waals surface area (Å²) in [7, 11) is 0. The minimum absolute atomic E-state index is 0.193. The van der Waals surface area contributed by atoms with Crippen molar-refractivity contribution in [1.29, 1.82) is 0 Å². The number of aryl methyl sites for hydroxylation is 1. The van der Waals surface area contributed by atoms with Gasteiger partial charge in [0.2, 0.25) is 5.91 Å². The van der Waals surface area contributed by atoms with Crippen molar-refractivity contribution in [2.75, 3.05) is 16.8 Å². The predicted molar refractivity (Wildman–Crippen MR) is 103 cm³/mol. The number of carbonyl (C=O) groups is 3. The molecule has 8 nitrogen and oxygen atoms in total. The van der Waals surface area contributed by atoms with E-state index in [2.05, 4.69) is 15.7 Å². The summed E-state index contributed by atoms with van der Waals surface area (Å²) in [5, 5.41) is 12.2. The van der Waals surface area contributed by atoms with Gasteiger partial charge in [-0.15, -0.1) is 0 Å². The SMILES string of the molecule is Cc1cccc(NC(=O)CN2N=N[C@H]3C(=O)N(c4cccc(Cl)c4)C(=O)[C@@H]32)c1. The zero-order valence-corrected chi connectivity index (χ0v) is 15.6. The summed E-state index contributed by atoms with van der Waals surface area (Å²) in [5.74, 6) is -1.32. The highest BCUT2D eigenvalue weighted by atomic mass is 35.5. The molecular formula is C19H16ClN5O3. The second-order valence-electron chi connectivity index (χ2n) is 6.60. The van der Waals surface area contributed by atoms with E-state index in [-0.39, 0.29) is 12.5 Å². The third kappa shape index (κ3) is 3.22. The number of fused-ring (bicyclic) bond motifs is 1. The average molecular weight is 398 g/mol. The zero-order chi connectivity index (χ0) is 19.8. The normalized spacial score (nSPS) is 20.6. The first-order valence-electron chi connectivity index (χ1n) is 8.61. The number of carbonyl (C=O) groups excluding carboxylic acids is 3. The van der Waals surface area contributed by atoms with E-state index in [0.29, 0.717) is 16.4 Å². The Labute approximate surface area is 165 Å². The number of hydrogen-bond acceptors (Lipinski definition) is 6. The van der Waals surface area contributed by atoms with Gasteiger partial charge in [-0.2, -0.15) is 5.11 Å². The summed E-state index contributed by atoms with van der Waals surface area (Å²) >= 11 is 5.97. The lowest BCUT2D eigenvalue weighted by molar-refractivity contribution is -0.123. The lowest BCUT2D eigenvalue weighted by Crippen LogP contribution is -2.43. The van der Waals surface area contributed by atoms with Gasteiger partial charge >= 0.3 is 0 Å². The third-order valence-corrected chi connectivity index (χ3v) is 4.77. The fraction of sp³-hybridized carbons (Fsp3) is 0.211. The molecule has 1 saturated heterocycles. The Balaban J connectivity index is 1.49. The summed E-state index contributed by atoms with van der Waals surface area (Å²) in [6.07, 6.45) is 0. The Morgan fingerprint density at radius 3 is 2.68 bits per heavy atom. The number of amides is 3. The first-order valence-corrected chi connectivity index (χ1v) is 8.99. The van der Waals surface area contributed by atoms with Gasteiger partial charge in [0.1, 0.15) is 6.54 Å². The van der Waals surface area contributed by atoms with Crippen molar-refractivity contribution in [3.8, 4) is 0 Å². The number of nitrogens with zero attached hydrogens (tertiary/aromatic N) is 4. The van der Waals surface area contributed by atoms with Crippen molar-refractivity contribution < 1.29 is 14.4 Å². The molecule has 2 aromatic carbocycles. The van der Waals surface area contributed by atoms with Crippen LogP contribution in [0.5, 0.6) is 0 Å². The van der Waals surface area contributed by atoms with Crippen molar-refractivity contribution in [3.05, 3.63) is 59.1 Å². The number of hydrogen-bond donors (Lipinski definition) is 1. The van der Waals surface area contributed by atoms with E-state index in [4.69, 9.17) is 11.6 Å². The van der Waals surface area contributed by atoms with Gasteiger partial charge in [0.05, 0.1) is 5.69 Å². The number of imide groups is 1. The molecular weight excluding hydrogens is 382 g/mol. The van der Waals surface area contributed by atoms with Crippen LogP contribution in [0.15, 0.2) is 58.9 Å². The first-order chi connectivity index (χ1) is 13.4. The van der Waals surface area contributed by atoms with E-state index in [1.807, 2.05) is 25.1 Å². The number of nitrogens with one attached hydrogen (secondary N) is 1. The van der Waals surface area contributed by atoms with Crippen LogP contribution in [0.4, 0.5) is 11.4 Å². The minimum atomic E-state index is -0.960. The third-order valence-electron chi connectivity index (χ3n) is 4.53. The van der Waals surface area contributed by atoms with Crippen LogP contribution in [0.1, 0.15) is 5.56 Å². The van der Waals surface area contributed by atoms with E-state index in [9.17, 15) is 14.4 Å². The van der Waals surface area contributed by atoms with E-state index in [1.165, 1.54) is 11.1 Å². The molecule has 0 aromatic heterocycles. The van der Waals surface area contributed by atoms with Crippen molar-refractivity contribution in [2.24, 2.45) is 10.3 Å². The average Bonchev–Trinajstić information content (AvgIpc) is 3.15. The predicted octanol–water partition coefficient (Wildman–Crippen LogP) is 2.58. The molecule has 0 saturated carbocycles. The number of benzene rings is 2. The molecule has 2 heterocycles. The Hall–Kier alpha value is -3.26. The fourth-order valence-corrected chi connectivity index (χ4v) is 3.48.